The van der Waals surface area contributed by atoms with Crippen LogP contribution in [0.1, 0.15) is 0 Å². The van der Waals surface area contributed by atoms with Crippen LogP contribution in [0.5, 0.6) is 0 Å². The third-order valence-corrected chi connectivity index (χ3v) is 8.11. The van der Waals surface area contributed by atoms with E-state index in [1.165, 1.54) is 16.3 Å². The first-order valence-electron chi connectivity index (χ1n) is 14.3. The summed E-state index contributed by atoms with van der Waals surface area (Å²) in [6.45, 7) is 0. The molecule has 0 aliphatic heterocycles. The number of furan rings is 1. The van der Waals surface area contributed by atoms with Gasteiger partial charge >= 0.3 is 0 Å². The van der Waals surface area contributed by atoms with E-state index in [0.717, 1.165) is 61.1 Å². The third kappa shape index (κ3) is 4.05. The predicted molar refractivity (Wildman–Crippen MR) is 177 cm³/mol. The normalized spacial score (nSPS) is 11.3. The Hall–Kier alpha value is -5.60. The zero-order valence-electron chi connectivity index (χ0n) is 22.9. The summed E-state index contributed by atoms with van der Waals surface area (Å²) < 4.78 is 6.30. The van der Waals surface area contributed by atoms with E-state index < -0.39 is 0 Å². The van der Waals surface area contributed by atoms with E-state index in [9.17, 15) is 0 Å². The number of fused-ring (bicyclic) bond motifs is 4. The van der Waals surface area contributed by atoms with E-state index in [2.05, 4.69) is 151 Å². The molecule has 0 spiro atoms. The standard InChI is InChI=1S/C40H27NO/c1-3-13-27(14-4-1)31-20-11-22-34(33-21-12-24-37-38(33)35-19-9-10-23-36(35)42-37)40(31)41-39-30-18-8-7-17-29(30)25-26-32(39)28-15-5-2-6-16-28/h1-26,41H. The highest BCUT2D eigenvalue weighted by Crippen LogP contribution is 2.46. The van der Waals surface area contributed by atoms with Crippen molar-refractivity contribution in [2.24, 2.45) is 0 Å². The molecule has 42 heavy (non-hydrogen) atoms. The van der Waals surface area contributed by atoms with E-state index in [0.29, 0.717) is 0 Å². The fraction of sp³-hybridized carbons (Fsp3) is 0. The third-order valence-electron chi connectivity index (χ3n) is 8.11. The van der Waals surface area contributed by atoms with E-state index in [4.69, 9.17) is 4.42 Å². The van der Waals surface area contributed by atoms with Gasteiger partial charge in [-0.25, -0.2) is 0 Å². The monoisotopic (exact) mass is 537 g/mol. The highest BCUT2D eigenvalue weighted by molar-refractivity contribution is 6.15. The number of anilines is 2. The molecule has 0 aliphatic carbocycles. The van der Waals surface area contributed by atoms with Crippen LogP contribution in [0.3, 0.4) is 0 Å². The molecule has 1 heterocycles. The Labute approximate surface area is 244 Å². The maximum atomic E-state index is 6.30. The second-order valence-electron chi connectivity index (χ2n) is 10.6. The molecular weight excluding hydrogens is 510 g/mol. The van der Waals surface area contributed by atoms with Gasteiger partial charge in [-0.2, -0.15) is 0 Å². The van der Waals surface area contributed by atoms with Gasteiger partial charge in [0.1, 0.15) is 11.2 Å². The first-order valence-corrected chi connectivity index (χ1v) is 14.3. The molecule has 0 aliphatic rings. The summed E-state index contributed by atoms with van der Waals surface area (Å²) in [6.07, 6.45) is 0. The van der Waals surface area contributed by atoms with Crippen molar-refractivity contribution in [3.8, 4) is 33.4 Å². The van der Waals surface area contributed by atoms with Crippen molar-refractivity contribution < 1.29 is 4.42 Å². The van der Waals surface area contributed by atoms with E-state index in [1.54, 1.807) is 0 Å². The SMILES string of the molecule is c1ccc(-c2cccc(-c3cccc4oc5ccccc5c34)c2Nc2c(-c3ccccc3)ccc3ccccc23)cc1. The Kier molecular flexibility index (Phi) is 5.82. The summed E-state index contributed by atoms with van der Waals surface area (Å²) in [5, 5.41) is 8.65. The molecule has 198 valence electrons. The predicted octanol–water partition coefficient (Wildman–Crippen LogP) is 11.5. The molecule has 0 amide bonds. The lowest BCUT2D eigenvalue weighted by Gasteiger charge is -2.21. The molecule has 0 radical (unpaired) electrons. The summed E-state index contributed by atoms with van der Waals surface area (Å²) in [5.74, 6) is 0. The lowest BCUT2D eigenvalue weighted by atomic mass is 9.92. The van der Waals surface area contributed by atoms with E-state index in [1.807, 2.05) is 12.1 Å². The lowest BCUT2D eigenvalue weighted by Crippen LogP contribution is -2.00. The molecule has 2 heteroatoms. The van der Waals surface area contributed by atoms with E-state index >= 15 is 0 Å². The van der Waals surface area contributed by atoms with Gasteiger partial charge in [0.25, 0.3) is 0 Å². The molecule has 1 N–H and O–H groups in total. The maximum absolute atomic E-state index is 6.30. The lowest BCUT2D eigenvalue weighted by molar-refractivity contribution is 0.669. The van der Waals surface area contributed by atoms with Crippen LogP contribution in [0.15, 0.2) is 162 Å². The van der Waals surface area contributed by atoms with Crippen molar-refractivity contribution >= 4 is 44.1 Å². The Morgan fingerprint density at radius 2 is 0.929 bits per heavy atom. The number of rotatable bonds is 5. The summed E-state index contributed by atoms with van der Waals surface area (Å²) in [6, 6.07) is 55.5. The van der Waals surface area contributed by atoms with Crippen LogP contribution in [-0.4, -0.2) is 0 Å². The first kappa shape index (κ1) is 24.2. The van der Waals surface area contributed by atoms with Crippen molar-refractivity contribution in [1.82, 2.24) is 0 Å². The average Bonchev–Trinajstić information content (AvgIpc) is 3.45. The summed E-state index contributed by atoms with van der Waals surface area (Å²) in [4.78, 5) is 0. The van der Waals surface area contributed by atoms with Gasteiger partial charge in [0, 0.05) is 32.8 Å². The second kappa shape index (κ2) is 10.1. The average molecular weight is 538 g/mol. The molecule has 0 saturated heterocycles. The van der Waals surface area contributed by atoms with Gasteiger partial charge in [-0.1, -0.05) is 146 Å². The van der Waals surface area contributed by atoms with Crippen molar-refractivity contribution in [2.75, 3.05) is 5.32 Å². The summed E-state index contributed by atoms with van der Waals surface area (Å²) in [7, 11) is 0. The van der Waals surface area contributed by atoms with Crippen molar-refractivity contribution in [1.29, 1.82) is 0 Å². The molecule has 2 nitrogen and oxygen atoms in total. The number of benzene rings is 7. The molecule has 0 saturated carbocycles. The van der Waals surface area contributed by atoms with Gasteiger partial charge < -0.3 is 9.73 Å². The number of para-hydroxylation sites is 2. The van der Waals surface area contributed by atoms with Gasteiger partial charge in [-0.05, 0) is 34.2 Å². The molecule has 0 fully saturated rings. The molecule has 0 atom stereocenters. The quantitative estimate of drug-likeness (QED) is 0.236. The molecule has 8 rings (SSSR count). The summed E-state index contributed by atoms with van der Waals surface area (Å²) in [5.41, 5.74) is 10.8. The minimum absolute atomic E-state index is 0.889. The van der Waals surface area contributed by atoms with E-state index in [-0.39, 0.29) is 0 Å². The highest BCUT2D eigenvalue weighted by atomic mass is 16.3. The molecule has 7 aromatic carbocycles. The largest absolute Gasteiger partial charge is 0.456 e. The topological polar surface area (TPSA) is 25.2 Å². The van der Waals surface area contributed by atoms with Crippen LogP contribution in [0.2, 0.25) is 0 Å². The number of hydrogen-bond acceptors (Lipinski definition) is 2. The minimum Gasteiger partial charge on any atom is -0.456 e. The van der Waals surface area contributed by atoms with Crippen LogP contribution >= 0.6 is 0 Å². The Morgan fingerprint density at radius 3 is 1.71 bits per heavy atom. The zero-order valence-corrected chi connectivity index (χ0v) is 22.9. The van der Waals surface area contributed by atoms with Gasteiger partial charge in [0.05, 0.1) is 11.4 Å². The van der Waals surface area contributed by atoms with Crippen LogP contribution in [0, 0.1) is 0 Å². The molecular formula is C40H27NO. The second-order valence-corrected chi connectivity index (χ2v) is 10.6. The molecule has 1 aromatic heterocycles. The first-order chi connectivity index (χ1) is 20.8. The Balaban J connectivity index is 1.44. The van der Waals surface area contributed by atoms with Gasteiger partial charge in [-0.15, -0.1) is 0 Å². The maximum Gasteiger partial charge on any atom is 0.136 e. The van der Waals surface area contributed by atoms with Crippen molar-refractivity contribution in [2.45, 2.75) is 0 Å². The fourth-order valence-electron chi connectivity index (χ4n) is 6.16. The Bertz CT molecular complexity index is 2210. The number of hydrogen-bond donors (Lipinski definition) is 1. The minimum atomic E-state index is 0.889. The fourth-order valence-corrected chi connectivity index (χ4v) is 6.16. The van der Waals surface area contributed by atoms with Crippen LogP contribution in [-0.2, 0) is 0 Å². The Morgan fingerprint density at radius 1 is 0.357 bits per heavy atom. The zero-order chi connectivity index (χ0) is 27.9. The van der Waals surface area contributed by atoms with Crippen LogP contribution in [0.4, 0.5) is 11.4 Å². The highest BCUT2D eigenvalue weighted by Gasteiger charge is 2.19. The molecule has 0 bridgehead atoms. The summed E-state index contributed by atoms with van der Waals surface area (Å²) >= 11 is 0. The van der Waals surface area contributed by atoms with Gasteiger partial charge in [0.2, 0.25) is 0 Å². The van der Waals surface area contributed by atoms with Crippen molar-refractivity contribution in [3.05, 3.63) is 158 Å². The van der Waals surface area contributed by atoms with Gasteiger partial charge in [0.15, 0.2) is 0 Å². The molecule has 8 aromatic rings. The van der Waals surface area contributed by atoms with Crippen LogP contribution < -0.4 is 5.32 Å². The van der Waals surface area contributed by atoms with Crippen molar-refractivity contribution in [3.63, 3.8) is 0 Å². The van der Waals surface area contributed by atoms with Gasteiger partial charge in [-0.3, -0.25) is 0 Å². The number of nitrogens with one attached hydrogen (secondary N) is 1. The smallest absolute Gasteiger partial charge is 0.136 e. The molecule has 0 unspecified atom stereocenters. The van der Waals surface area contributed by atoms with Crippen LogP contribution in [0.25, 0.3) is 66.1 Å².